The molecular formula is C18H24N2O4. The van der Waals surface area contributed by atoms with Crippen LogP contribution in [-0.4, -0.2) is 35.6 Å². The van der Waals surface area contributed by atoms with E-state index in [1.165, 1.54) is 0 Å². The van der Waals surface area contributed by atoms with E-state index in [0.29, 0.717) is 24.3 Å². The Morgan fingerprint density at radius 3 is 2.38 bits per heavy atom. The summed E-state index contributed by atoms with van der Waals surface area (Å²) in [7, 11) is 0. The van der Waals surface area contributed by atoms with Gasteiger partial charge < -0.3 is 0 Å². The predicted octanol–water partition coefficient (Wildman–Crippen LogP) is 2.16. The molecule has 24 heavy (non-hydrogen) atoms. The van der Waals surface area contributed by atoms with Crippen LogP contribution in [0.3, 0.4) is 0 Å². The Morgan fingerprint density at radius 2 is 1.92 bits per heavy atom. The molecule has 0 aromatic heterocycles. The molecule has 0 saturated heterocycles. The number of rotatable bonds is 8. The highest BCUT2D eigenvalue weighted by Gasteiger charge is 2.30. The molecular weight excluding hydrogens is 308 g/mol. The van der Waals surface area contributed by atoms with Gasteiger partial charge in [0.05, 0.1) is 0 Å². The summed E-state index contributed by atoms with van der Waals surface area (Å²) in [4.78, 5) is 47.6. The van der Waals surface area contributed by atoms with E-state index in [9.17, 15) is 19.2 Å². The van der Waals surface area contributed by atoms with E-state index in [-0.39, 0.29) is 12.8 Å². The van der Waals surface area contributed by atoms with Crippen LogP contribution in [0.1, 0.15) is 61.0 Å². The number of hydrogen-bond donors (Lipinski definition) is 1. The van der Waals surface area contributed by atoms with E-state index in [0.717, 1.165) is 16.0 Å². The largest absolute Gasteiger partial charge is 0.297 e. The average molecular weight is 332 g/mol. The number of carbonyl (C=O) groups is 4. The van der Waals surface area contributed by atoms with Crippen molar-refractivity contribution >= 4 is 24.6 Å². The molecule has 0 spiro atoms. The van der Waals surface area contributed by atoms with Gasteiger partial charge in [0.1, 0.15) is 6.04 Å². The molecule has 0 radical (unpaired) electrons. The van der Waals surface area contributed by atoms with Gasteiger partial charge in [0.25, 0.3) is 5.91 Å². The maximum Gasteiger partial charge on any atom is 0.261 e. The highest BCUT2D eigenvalue weighted by Crippen LogP contribution is 2.20. The lowest BCUT2D eigenvalue weighted by atomic mass is 9.97. The van der Waals surface area contributed by atoms with Gasteiger partial charge in [0, 0.05) is 5.56 Å². The van der Waals surface area contributed by atoms with Crippen LogP contribution in [-0.2, 0) is 14.4 Å². The summed E-state index contributed by atoms with van der Waals surface area (Å²) in [6.45, 7) is 7.73. The molecule has 0 aliphatic heterocycles. The van der Waals surface area contributed by atoms with Gasteiger partial charge in [-0.25, -0.2) is 0 Å². The number of nitrogens with one attached hydrogen (secondary N) is 1. The minimum Gasteiger partial charge on any atom is -0.297 e. The average Bonchev–Trinajstić information content (AvgIpc) is 2.54. The van der Waals surface area contributed by atoms with Gasteiger partial charge in [-0.3, -0.25) is 29.4 Å². The standard InChI is InChI=1S/C18H24N2O4/c1-5-6-16(17(23)19-10-21)20(11-22)18(24)15-8-7-14(12(2)3)9-13(15)4/h7-12,16H,5-6H2,1-4H3,(H,19,21,23). The highest BCUT2D eigenvalue weighted by atomic mass is 16.2. The second-order valence-electron chi connectivity index (χ2n) is 5.98. The van der Waals surface area contributed by atoms with Crippen molar-refractivity contribution in [3.8, 4) is 0 Å². The third-order valence-corrected chi connectivity index (χ3v) is 3.90. The van der Waals surface area contributed by atoms with Crippen LogP contribution in [0.2, 0.25) is 0 Å². The number of benzene rings is 1. The van der Waals surface area contributed by atoms with E-state index in [1.807, 2.05) is 24.4 Å². The number of carbonyl (C=O) groups excluding carboxylic acids is 4. The third-order valence-electron chi connectivity index (χ3n) is 3.90. The van der Waals surface area contributed by atoms with Crippen molar-refractivity contribution in [3.05, 3.63) is 34.9 Å². The number of hydrogen-bond acceptors (Lipinski definition) is 4. The lowest BCUT2D eigenvalue weighted by Gasteiger charge is -2.25. The van der Waals surface area contributed by atoms with Crippen molar-refractivity contribution in [2.45, 2.75) is 52.5 Å². The normalized spacial score (nSPS) is 11.7. The molecule has 4 amide bonds. The summed E-state index contributed by atoms with van der Waals surface area (Å²) in [6.07, 6.45) is 1.47. The zero-order valence-electron chi connectivity index (χ0n) is 14.5. The predicted molar refractivity (Wildman–Crippen MR) is 90.4 cm³/mol. The maximum atomic E-state index is 12.7. The zero-order chi connectivity index (χ0) is 18.3. The van der Waals surface area contributed by atoms with E-state index >= 15 is 0 Å². The summed E-state index contributed by atoms with van der Waals surface area (Å²) in [6, 6.07) is 4.41. The second kappa shape index (κ2) is 8.96. The SMILES string of the molecule is CCCC(C(=O)NC=O)N(C=O)C(=O)c1ccc(C(C)C)cc1C. The van der Waals surface area contributed by atoms with Gasteiger partial charge in [-0.1, -0.05) is 39.3 Å². The van der Waals surface area contributed by atoms with Gasteiger partial charge in [-0.05, 0) is 36.5 Å². The van der Waals surface area contributed by atoms with Crippen LogP contribution in [0, 0.1) is 6.92 Å². The Kier molecular flexibility index (Phi) is 7.30. The molecule has 0 bridgehead atoms. The molecule has 1 rings (SSSR count). The molecule has 0 aliphatic carbocycles. The lowest BCUT2D eigenvalue weighted by molar-refractivity contribution is -0.133. The highest BCUT2D eigenvalue weighted by molar-refractivity contribution is 6.05. The van der Waals surface area contributed by atoms with Crippen molar-refractivity contribution in [3.63, 3.8) is 0 Å². The Hall–Kier alpha value is -2.50. The van der Waals surface area contributed by atoms with Gasteiger partial charge >= 0.3 is 0 Å². The fourth-order valence-electron chi connectivity index (χ4n) is 2.51. The molecule has 130 valence electrons. The van der Waals surface area contributed by atoms with Crippen molar-refractivity contribution < 1.29 is 19.2 Å². The molecule has 0 fully saturated rings. The topological polar surface area (TPSA) is 83.6 Å². The second-order valence-corrected chi connectivity index (χ2v) is 5.98. The fourth-order valence-corrected chi connectivity index (χ4v) is 2.51. The molecule has 1 aromatic carbocycles. The van der Waals surface area contributed by atoms with Crippen LogP contribution < -0.4 is 5.32 Å². The van der Waals surface area contributed by atoms with Crippen LogP contribution in [0.4, 0.5) is 0 Å². The molecule has 0 saturated carbocycles. The molecule has 6 heteroatoms. The summed E-state index contributed by atoms with van der Waals surface area (Å²) in [5.41, 5.74) is 2.20. The first-order valence-electron chi connectivity index (χ1n) is 7.99. The number of imide groups is 2. The summed E-state index contributed by atoms with van der Waals surface area (Å²) in [5, 5.41) is 2.02. The monoisotopic (exact) mass is 332 g/mol. The van der Waals surface area contributed by atoms with Crippen LogP contribution in [0.25, 0.3) is 0 Å². The molecule has 1 aromatic rings. The Morgan fingerprint density at radius 1 is 1.25 bits per heavy atom. The van der Waals surface area contributed by atoms with Gasteiger partial charge in [0.2, 0.25) is 18.7 Å². The van der Waals surface area contributed by atoms with Crippen molar-refractivity contribution in [1.82, 2.24) is 10.2 Å². The minimum absolute atomic E-state index is 0.251. The first-order valence-corrected chi connectivity index (χ1v) is 7.99. The van der Waals surface area contributed by atoms with Crippen LogP contribution in [0.15, 0.2) is 18.2 Å². The molecule has 0 aliphatic rings. The van der Waals surface area contributed by atoms with E-state index in [4.69, 9.17) is 0 Å². The molecule has 1 unspecified atom stereocenters. The Balaban J connectivity index is 3.18. The molecule has 1 atom stereocenters. The van der Waals surface area contributed by atoms with Gasteiger partial charge in [-0.2, -0.15) is 0 Å². The number of amides is 4. The maximum absolute atomic E-state index is 12.7. The third kappa shape index (κ3) is 4.50. The molecule has 0 heterocycles. The van der Waals surface area contributed by atoms with E-state index in [1.54, 1.807) is 13.0 Å². The fraction of sp³-hybridized carbons (Fsp3) is 0.444. The minimum atomic E-state index is -1.01. The van der Waals surface area contributed by atoms with Crippen LogP contribution in [0.5, 0.6) is 0 Å². The van der Waals surface area contributed by atoms with Crippen molar-refractivity contribution in [1.29, 1.82) is 0 Å². The van der Waals surface area contributed by atoms with Crippen molar-refractivity contribution in [2.75, 3.05) is 0 Å². The quantitative estimate of drug-likeness (QED) is 0.739. The summed E-state index contributed by atoms with van der Waals surface area (Å²) < 4.78 is 0. The van der Waals surface area contributed by atoms with Crippen LogP contribution >= 0.6 is 0 Å². The first kappa shape index (κ1) is 19.5. The van der Waals surface area contributed by atoms with E-state index < -0.39 is 17.9 Å². The number of nitrogens with zero attached hydrogens (tertiary/aromatic N) is 1. The Labute approximate surface area is 142 Å². The number of aryl methyl sites for hydroxylation is 1. The first-order chi connectivity index (χ1) is 11.4. The summed E-state index contributed by atoms with van der Waals surface area (Å²) in [5.74, 6) is -0.887. The van der Waals surface area contributed by atoms with Gasteiger partial charge in [-0.15, -0.1) is 0 Å². The smallest absolute Gasteiger partial charge is 0.261 e. The molecule has 1 N–H and O–H groups in total. The Bertz CT molecular complexity index is 625. The molecule has 6 nitrogen and oxygen atoms in total. The van der Waals surface area contributed by atoms with E-state index in [2.05, 4.69) is 13.8 Å². The van der Waals surface area contributed by atoms with Crippen molar-refractivity contribution in [2.24, 2.45) is 0 Å². The zero-order valence-corrected chi connectivity index (χ0v) is 14.5. The lowest BCUT2D eigenvalue weighted by Crippen LogP contribution is -2.48. The summed E-state index contributed by atoms with van der Waals surface area (Å²) >= 11 is 0. The van der Waals surface area contributed by atoms with Gasteiger partial charge in [0.15, 0.2) is 0 Å².